The summed E-state index contributed by atoms with van der Waals surface area (Å²) in [6.45, 7) is 2.49. The molecule has 0 atom stereocenters. The first-order chi connectivity index (χ1) is 9.79. The van der Waals surface area contributed by atoms with E-state index in [-0.39, 0.29) is 5.56 Å². The van der Waals surface area contributed by atoms with Crippen molar-refractivity contribution in [3.63, 3.8) is 0 Å². The van der Waals surface area contributed by atoms with Gasteiger partial charge in [0.1, 0.15) is 5.75 Å². The fourth-order valence-corrected chi connectivity index (χ4v) is 2.26. The molecule has 1 heterocycles. The maximum Gasteiger partial charge on any atom is 0.256 e. The number of hydrogen-bond donors (Lipinski definition) is 1. The Bertz CT molecular complexity index is 791. The molecule has 0 fully saturated rings. The number of H-pyrrole nitrogens is 1. The van der Waals surface area contributed by atoms with Crippen molar-refractivity contribution in [2.75, 3.05) is 6.61 Å². The van der Waals surface area contributed by atoms with Crippen LogP contribution in [0.15, 0.2) is 53.3 Å². The minimum atomic E-state index is -0.115. The highest BCUT2D eigenvalue weighted by Gasteiger charge is 2.08. The van der Waals surface area contributed by atoms with E-state index in [1.807, 2.05) is 43.3 Å². The molecule has 20 heavy (non-hydrogen) atoms. The molecule has 0 aliphatic rings. The van der Waals surface area contributed by atoms with Crippen molar-refractivity contribution in [3.05, 3.63) is 65.0 Å². The maximum absolute atomic E-state index is 12.3. The van der Waals surface area contributed by atoms with Crippen molar-refractivity contribution >= 4 is 10.9 Å². The van der Waals surface area contributed by atoms with E-state index in [0.717, 1.165) is 16.5 Å². The molecule has 0 aliphatic heterocycles. The van der Waals surface area contributed by atoms with Crippen molar-refractivity contribution in [2.24, 2.45) is 0 Å². The number of para-hydroxylation sites is 1. The second-order valence-electron chi connectivity index (χ2n) is 4.45. The molecule has 1 aromatic heterocycles. The molecular weight excluding hydrogens is 250 g/mol. The Hall–Kier alpha value is -2.55. The van der Waals surface area contributed by atoms with Crippen LogP contribution in [0.25, 0.3) is 22.0 Å². The first-order valence-electron chi connectivity index (χ1n) is 6.55. The molecule has 0 bridgehead atoms. The number of ether oxygens (including phenoxy) is 1. The number of aromatic amines is 1. The SMILES string of the molecule is CCOc1cccc2cc(-c3cc[c]cc3)c(=O)[nH]c12. The summed E-state index contributed by atoms with van der Waals surface area (Å²) >= 11 is 0. The standard InChI is InChI=1S/C17H14NO2/c1-2-20-15-10-6-9-13-11-14(17(19)18-16(13)15)12-7-4-3-5-8-12/h4-11H,2H2,1H3,(H,18,19). The third-order valence-electron chi connectivity index (χ3n) is 3.17. The normalized spacial score (nSPS) is 10.7. The molecule has 99 valence electrons. The van der Waals surface area contributed by atoms with Crippen molar-refractivity contribution in [2.45, 2.75) is 6.92 Å². The molecule has 0 amide bonds. The van der Waals surface area contributed by atoms with Gasteiger partial charge in [0, 0.05) is 10.9 Å². The lowest BCUT2D eigenvalue weighted by Crippen LogP contribution is -2.09. The van der Waals surface area contributed by atoms with Crippen LogP contribution in [0.3, 0.4) is 0 Å². The highest BCUT2D eigenvalue weighted by molar-refractivity contribution is 5.87. The second-order valence-corrected chi connectivity index (χ2v) is 4.45. The Kier molecular flexibility index (Phi) is 3.25. The zero-order valence-corrected chi connectivity index (χ0v) is 11.1. The Morgan fingerprint density at radius 1 is 1.20 bits per heavy atom. The summed E-state index contributed by atoms with van der Waals surface area (Å²) in [7, 11) is 0. The fraction of sp³-hybridized carbons (Fsp3) is 0.118. The fourth-order valence-electron chi connectivity index (χ4n) is 2.26. The zero-order valence-electron chi connectivity index (χ0n) is 11.1. The molecule has 0 saturated heterocycles. The molecule has 3 rings (SSSR count). The largest absolute Gasteiger partial charge is 0.492 e. The van der Waals surface area contributed by atoms with Crippen LogP contribution in [0.2, 0.25) is 0 Å². The van der Waals surface area contributed by atoms with Gasteiger partial charge in [-0.25, -0.2) is 0 Å². The van der Waals surface area contributed by atoms with E-state index >= 15 is 0 Å². The first kappa shape index (κ1) is 12.5. The summed E-state index contributed by atoms with van der Waals surface area (Å²) in [5.74, 6) is 0.704. The van der Waals surface area contributed by atoms with Gasteiger partial charge in [-0.1, -0.05) is 36.4 Å². The molecule has 3 heteroatoms. The van der Waals surface area contributed by atoms with Gasteiger partial charge in [0.15, 0.2) is 0 Å². The first-order valence-corrected chi connectivity index (χ1v) is 6.55. The van der Waals surface area contributed by atoms with E-state index in [1.165, 1.54) is 0 Å². The number of aromatic nitrogens is 1. The van der Waals surface area contributed by atoms with Crippen LogP contribution in [0.4, 0.5) is 0 Å². The quantitative estimate of drug-likeness (QED) is 0.787. The van der Waals surface area contributed by atoms with Gasteiger partial charge in [-0.05, 0) is 30.7 Å². The van der Waals surface area contributed by atoms with E-state index in [0.29, 0.717) is 17.9 Å². The summed E-state index contributed by atoms with van der Waals surface area (Å²) < 4.78 is 5.54. The molecular formula is C17H14NO2. The predicted octanol–water partition coefficient (Wildman–Crippen LogP) is 3.39. The van der Waals surface area contributed by atoms with Gasteiger partial charge in [0.25, 0.3) is 5.56 Å². The van der Waals surface area contributed by atoms with E-state index < -0.39 is 0 Å². The number of benzene rings is 2. The highest BCUT2D eigenvalue weighted by atomic mass is 16.5. The lowest BCUT2D eigenvalue weighted by Gasteiger charge is -2.08. The van der Waals surface area contributed by atoms with Gasteiger partial charge in [-0.3, -0.25) is 4.79 Å². The predicted molar refractivity (Wildman–Crippen MR) is 80.0 cm³/mol. The van der Waals surface area contributed by atoms with Crippen LogP contribution in [-0.2, 0) is 0 Å². The summed E-state index contributed by atoms with van der Waals surface area (Å²) in [5, 5.41) is 0.957. The minimum Gasteiger partial charge on any atom is -0.492 e. The topological polar surface area (TPSA) is 42.1 Å². The minimum absolute atomic E-state index is 0.115. The number of nitrogens with one attached hydrogen (secondary N) is 1. The molecule has 1 N–H and O–H groups in total. The van der Waals surface area contributed by atoms with Crippen molar-refractivity contribution in [1.29, 1.82) is 0 Å². The van der Waals surface area contributed by atoms with Crippen LogP contribution in [0, 0.1) is 6.07 Å². The molecule has 0 aliphatic carbocycles. The van der Waals surface area contributed by atoms with Crippen LogP contribution in [0.1, 0.15) is 6.92 Å². The number of fused-ring (bicyclic) bond motifs is 1. The molecule has 3 aromatic rings. The molecule has 2 aromatic carbocycles. The summed E-state index contributed by atoms with van der Waals surface area (Å²) in [6, 6.07) is 18.0. The highest BCUT2D eigenvalue weighted by Crippen LogP contribution is 2.25. The van der Waals surface area contributed by atoms with Crippen molar-refractivity contribution in [3.8, 4) is 16.9 Å². The Balaban J connectivity index is 2.23. The van der Waals surface area contributed by atoms with E-state index in [2.05, 4.69) is 11.1 Å². The maximum atomic E-state index is 12.3. The van der Waals surface area contributed by atoms with Crippen LogP contribution in [-0.4, -0.2) is 11.6 Å². The monoisotopic (exact) mass is 264 g/mol. The van der Waals surface area contributed by atoms with Gasteiger partial charge in [0.2, 0.25) is 0 Å². The molecule has 0 spiro atoms. The van der Waals surface area contributed by atoms with E-state index in [4.69, 9.17) is 4.74 Å². The van der Waals surface area contributed by atoms with Gasteiger partial charge in [0.05, 0.1) is 12.1 Å². The lowest BCUT2D eigenvalue weighted by molar-refractivity contribution is 0.343. The molecule has 3 nitrogen and oxygen atoms in total. The smallest absolute Gasteiger partial charge is 0.256 e. The number of rotatable bonds is 3. The van der Waals surface area contributed by atoms with E-state index in [1.54, 1.807) is 12.1 Å². The summed E-state index contributed by atoms with van der Waals surface area (Å²) in [6.07, 6.45) is 0. The number of hydrogen-bond acceptors (Lipinski definition) is 2. The van der Waals surface area contributed by atoms with Gasteiger partial charge in [-0.15, -0.1) is 0 Å². The Morgan fingerprint density at radius 2 is 2.00 bits per heavy atom. The van der Waals surface area contributed by atoms with Crippen molar-refractivity contribution in [1.82, 2.24) is 4.98 Å². The third-order valence-corrected chi connectivity index (χ3v) is 3.17. The van der Waals surface area contributed by atoms with Gasteiger partial charge >= 0.3 is 0 Å². The Labute approximate surface area is 116 Å². The van der Waals surface area contributed by atoms with Crippen LogP contribution in [0.5, 0.6) is 5.75 Å². The van der Waals surface area contributed by atoms with Gasteiger partial charge in [-0.2, -0.15) is 0 Å². The molecule has 0 saturated carbocycles. The summed E-state index contributed by atoms with van der Waals surface area (Å²) in [5.41, 5.74) is 2.16. The molecule has 0 unspecified atom stereocenters. The zero-order chi connectivity index (χ0) is 13.9. The van der Waals surface area contributed by atoms with Crippen LogP contribution >= 0.6 is 0 Å². The summed E-state index contributed by atoms with van der Waals surface area (Å²) in [4.78, 5) is 15.2. The lowest BCUT2D eigenvalue weighted by atomic mass is 10.1. The van der Waals surface area contributed by atoms with Gasteiger partial charge < -0.3 is 9.72 Å². The second kappa shape index (κ2) is 5.21. The molecule has 1 radical (unpaired) electrons. The Morgan fingerprint density at radius 3 is 2.75 bits per heavy atom. The number of pyridine rings is 1. The average molecular weight is 264 g/mol. The average Bonchev–Trinajstić information content (AvgIpc) is 2.48. The van der Waals surface area contributed by atoms with E-state index in [9.17, 15) is 4.79 Å². The third kappa shape index (κ3) is 2.18. The van der Waals surface area contributed by atoms with Crippen molar-refractivity contribution < 1.29 is 4.74 Å². The van der Waals surface area contributed by atoms with Crippen LogP contribution < -0.4 is 10.3 Å².